The van der Waals surface area contributed by atoms with Gasteiger partial charge in [-0.1, -0.05) is 30.3 Å². The second-order valence-electron chi connectivity index (χ2n) is 8.10. The maximum atomic E-state index is 12.7. The van der Waals surface area contributed by atoms with Crippen LogP contribution in [0.25, 0.3) is 0 Å². The lowest BCUT2D eigenvalue weighted by molar-refractivity contribution is -0.123. The summed E-state index contributed by atoms with van der Waals surface area (Å²) in [5.41, 5.74) is 0.189. The first-order chi connectivity index (χ1) is 14.8. The summed E-state index contributed by atoms with van der Waals surface area (Å²) in [6, 6.07) is 16.1. The molecule has 31 heavy (non-hydrogen) atoms. The molecule has 2 rings (SSSR count). The van der Waals surface area contributed by atoms with E-state index in [1.54, 1.807) is 27.9 Å². The van der Waals surface area contributed by atoms with Gasteiger partial charge in [0.15, 0.2) is 0 Å². The normalized spacial score (nSPS) is 12.0. The smallest absolute Gasteiger partial charge is 0.408 e. The van der Waals surface area contributed by atoms with Gasteiger partial charge in [0.1, 0.15) is 23.1 Å². The second-order valence-corrected chi connectivity index (χ2v) is 8.10. The quantitative estimate of drug-likeness (QED) is 0.557. The molecule has 0 saturated carbocycles. The fraction of sp³-hybridized carbons (Fsp3) is 0.417. The lowest BCUT2D eigenvalue weighted by atomic mass is 10.0. The van der Waals surface area contributed by atoms with E-state index in [4.69, 9.17) is 14.2 Å². The second kappa shape index (κ2) is 12.0. The van der Waals surface area contributed by atoms with Crippen molar-refractivity contribution < 1.29 is 23.8 Å². The highest BCUT2D eigenvalue weighted by molar-refractivity contribution is 5.86. The summed E-state index contributed by atoms with van der Waals surface area (Å²) < 4.78 is 16.2. The van der Waals surface area contributed by atoms with Gasteiger partial charge in [-0.25, -0.2) is 4.79 Å². The van der Waals surface area contributed by atoms with E-state index in [2.05, 4.69) is 10.6 Å². The van der Waals surface area contributed by atoms with Crippen molar-refractivity contribution in [1.82, 2.24) is 10.6 Å². The monoisotopic (exact) mass is 428 g/mol. The number of benzene rings is 2. The van der Waals surface area contributed by atoms with Crippen molar-refractivity contribution in [2.75, 3.05) is 20.3 Å². The maximum Gasteiger partial charge on any atom is 0.408 e. The standard InChI is InChI=1S/C24H32N2O5/c1-24(2,3)31-23(28)26-21(22(27)25-14-9-15-29-4)17-18-10-8-13-20(16-18)30-19-11-6-5-7-12-19/h5-8,10-13,16,21H,9,14-15,17H2,1-4H3,(H,25,27)(H,26,28). The summed E-state index contributed by atoms with van der Waals surface area (Å²) in [6.07, 6.45) is 0.338. The van der Waals surface area contributed by atoms with Crippen LogP contribution < -0.4 is 15.4 Å². The summed E-state index contributed by atoms with van der Waals surface area (Å²) in [5.74, 6) is 1.09. The highest BCUT2D eigenvalue weighted by Gasteiger charge is 2.24. The van der Waals surface area contributed by atoms with Crippen LogP contribution in [-0.2, 0) is 20.7 Å². The van der Waals surface area contributed by atoms with E-state index in [1.165, 1.54) is 0 Å². The molecule has 7 nitrogen and oxygen atoms in total. The Hall–Kier alpha value is -3.06. The van der Waals surface area contributed by atoms with E-state index in [1.807, 2.05) is 54.6 Å². The van der Waals surface area contributed by atoms with Crippen molar-refractivity contribution >= 4 is 12.0 Å². The van der Waals surface area contributed by atoms with E-state index in [0.717, 1.165) is 11.3 Å². The largest absolute Gasteiger partial charge is 0.457 e. The average molecular weight is 429 g/mol. The van der Waals surface area contributed by atoms with Crippen LogP contribution in [-0.4, -0.2) is 43.9 Å². The molecule has 7 heteroatoms. The van der Waals surface area contributed by atoms with Crippen LogP contribution in [0.15, 0.2) is 54.6 Å². The molecule has 0 aliphatic heterocycles. The van der Waals surface area contributed by atoms with Gasteiger partial charge in [-0.05, 0) is 57.0 Å². The molecule has 1 atom stereocenters. The Kier molecular flexibility index (Phi) is 9.34. The first-order valence-electron chi connectivity index (χ1n) is 10.3. The highest BCUT2D eigenvalue weighted by Crippen LogP contribution is 2.22. The van der Waals surface area contributed by atoms with Gasteiger partial charge >= 0.3 is 6.09 Å². The van der Waals surface area contributed by atoms with E-state index >= 15 is 0 Å². The minimum absolute atomic E-state index is 0.281. The van der Waals surface area contributed by atoms with Crippen LogP contribution in [0, 0.1) is 0 Å². The number of nitrogens with one attached hydrogen (secondary N) is 2. The fourth-order valence-electron chi connectivity index (χ4n) is 2.81. The van der Waals surface area contributed by atoms with Crippen molar-refractivity contribution in [2.45, 2.75) is 45.3 Å². The lowest BCUT2D eigenvalue weighted by Gasteiger charge is -2.23. The van der Waals surface area contributed by atoms with Crippen molar-refractivity contribution in [2.24, 2.45) is 0 Å². The molecule has 1 unspecified atom stereocenters. The van der Waals surface area contributed by atoms with Crippen LogP contribution in [0.1, 0.15) is 32.8 Å². The van der Waals surface area contributed by atoms with Gasteiger partial charge in [0.05, 0.1) is 0 Å². The zero-order valence-corrected chi connectivity index (χ0v) is 18.6. The van der Waals surface area contributed by atoms with Gasteiger partial charge in [-0.2, -0.15) is 0 Å². The Morgan fingerprint density at radius 2 is 1.71 bits per heavy atom. The lowest BCUT2D eigenvalue weighted by Crippen LogP contribution is -2.49. The SMILES string of the molecule is COCCCNC(=O)C(Cc1cccc(Oc2ccccc2)c1)NC(=O)OC(C)(C)C. The van der Waals surface area contributed by atoms with E-state index in [-0.39, 0.29) is 5.91 Å². The summed E-state index contributed by atoms with van der Waals surface area (Å²) in [6.45, 7) is 6.32. The van der Waals surface area contributed by atoms with Gasteiger partial charge in [0, 0.05) is 26.7 Å². The molecular formula is C24H32N2O5. The first kappa shape index (κ1) is 24.2. The Balaban J connectivity index is 2.08. The van der Waals surface area contributed by atoms with Crippen molar-refractivity contribution in [1.29, 1.82) is 0 Å². The topological polar surface area (TPSA) is 85.9 Å². The molecule has 0 aromatic heterocycles. The number of alkyl carbamates (subject to hydrolysis) is 1. The minimum atomic E-state index is -0.788. The third-order valence-electron chi connectivity index (χ3n) is 4.15. The van der Waals surface area contributed by atoms with Crippen LogP contribution in [0.4, 0.5) is 4.79 Å². The Bertz CT molecular complexity index is 833. The number of carbonyl (C=O) groups is 2. The van der Waals surface area contributed by atoms with Gasteiger partial charge in [0.2, 0.25) is 5.91 Å². The molecule has 0 bridgehead atoms. The van der Waals surface area contributed by atoms with Gasteiger partial charge < -0.3 is 24.8 Å². The molecule has 0 aliphatic carbocycles. The van der Waals surface area contributed by atoms with Crippen molar-refractivity contribution in [3.05, 3.63) is 60.2 Å². The fourth-order valence-corrected chi connectivity index (χ4v) is 2.81. The summed E-state index contributed by atoms with van der Waals surface area (Å²) in [4.78, 5) is 25.0. The summed E-state index contributed by atoms with van der Waals surface area (Å²) in [5, 5.41) is 5.53. The number of amides is 2. The first-order valence-corrected chi connectivity index (χ1v) is 10.3. The molecule has 0 heterocycles. The molecular weight excluding hydrogens is 396 g/mol. The van der Waals surface area contributed by atoms with Crippen LogP contribution in [0.3, 0.4) is 0 Å². The molecule has 0 aliphatic rings. The van der Waals surface area contributed by atoms with Gasteiger partial charge in [-0.15, -0.1) is 0 Å². The zero-order chi connectivity index (χ0) is 22.7. The third-order valence-corrected chi connectivity index (χ3v) is 4.15. The van der Waals surface area contributed by atoms with Crippen molar-refractivity contribution in [3.8, 4) is 11.5 Å². The highest BCUT2D eigenvalue weighted by atomic mass is 16.6. The average Bonchev–Trinajstić information content (AvgIpc) is 2.70. The van der Waals surface area contributed by atoms with E-state index in [0.29, 0.717) is 31.7 Å². The van der Waals surface area contributed by atoms with Gasteiger partial charge in [-0.3, -0.25) is 4.79 Å². The summed E-state index contributed by atoms with van der Waals surface area (Å²) >= 11 is 0. The number of carbonyl (C=O) groups excluding carboxylic acids is 2. The minimum Gasteiger partial charge on any atom is -0.457 e. The Labute approximate surface area is 184 Å². The number of rotatable bonds is 10. The van der Waals surface area contributed by atoms with Crippen LogP contribution in [0.2, 0.25) is 0 Å². The molecule has 0 fully saturated rings. The van der Waals surface area contributed by atoms with Crippen LogP contribution in [0.5, 0.6) is 11.5 Å². The predicted octanol–water partition coefficient (Wildman–Crippen LogP) is 4.07. The molecule has 2 aromatic rings. The Morgan fingerprint density at radius 1 is 1.00 bits per heavy atom. The number of para-hydroxylation sites is 1. The molecule has 0 saturated heterocycles. The molecule has 2 aromatic carbocycles. The van der Waals surface area contributed by atoms with E-state index in [9.17, 15) is 9.59 Å². The molecule has 0 spiro atoms. The molecule has 0 radical (unpaired) electrons. The summed E-state index contributed by atoms with van der Waals surface area (Å²) in [7, 11) is 1.61. The van der Waals surface area contributed by atoms with Crippen molar-refractivity contribution in [3.63, 3.8) is 0 Å². The third kappa shape index (κ3) is 9.53. The number of ether oxygens (including phenoxy) is 3. The number of hydrogen-bond donors (Lipinski definition) is 2. The zero-order valence-electron chi connectivity index (χ0n) is 18.6. The van der Waals surface area contributed by atoms with Gasteiger partial charge in [0.25, 0.3) is 0 Å². The Morgan fingerprint density at radius 3 is 2.39 bits per heavy atom. The number of hydrogen-bond acceptors (Lipinski definition) is 5. The predicted molar refractivity (Wildman–Crippen MR) is 119 cm³/mol. The number of methoxy groups -OCH3 is 1. The molecule has 168 valence electrons. The molecule has 2 amide bonds. The van der Waals surface area contributed by atoms with E-state index < -0.39 is 17.7 Å². The van der Waals surface area contributed by atoms with Crippen LogP contribution >= 0.6 is 0 Å². The maximum absolute atomic E-state index is 12.7. The molecule has 2 N–H and O–H groups in total.